The maximum absolute atomic E-state index is 6.03. The lowest BCUT2D eigenvalue weighted by atomic mass is 9.95. The van der Waals surface area contributed by atoms with E-state index < -0.39 is 0 Å². The van der Waals surface area contributed by atoms with Crippen molar-refractivity contribution < 1.29 is 9.47 Å². The van der Waals surface area contributed by atoms with E-state index in [0.29, 0.717) is 12.5 Å². The average Bonchev–Trinajstić information content (AvgIpc) is 2.52. The molecule has 3 rings (SSSR count). The van der Waals surface area contributed by atoms with Crippen LogP contribution in [0.1, 0.15) is 38.9 Å². The van der Waals surface area contributed by atoms with Gasteiger partial charge in [-0.15, -0.1) is 0 Å². The molecule has 4 heteroatoms. The molecule has 2 heterocycles. The van der Waals surface area contributed by atoms with Crippen LogP contribution in [0.5, 0.6) is 11.5 Å². The summed E-state index contributed by atoms with van der Waals surface area (Å²) in [5.74, 6) is 2.14. The van der Waals surface area contributed by atoms with Gasteiger partial charge in [-0.3, -0.25) is 4.98 Å². The lowest BCUT2D eigenvalue weighted by Gasteiger charge is -2.26. The Morgan fingerprint density at radius 2 is 2.09 bits per heavy atom. The summed E-state index contributed by atoms with van der Waals surface area (Å²) in [7, 11) is 0. The van der Waals surface area contributed by atoms with Gasteiger partial charge in [-0.1, -0.05) is 6.92 Å². The van der Waals surface area contributed by atoms with Crippen molar-refractivity contribution in [2.24, 2.45) is 11.7 Å². The molecule has 1 aromatic carbocycles. The highest BCUT2D eigenvalue weighted by molar-refractivity contribution is 5.76. The summed E-state index contributed by atoms with van der Waals surface area (Å²) in [4.78, 5) is 4.20. The van der Waals surface area contributed by atoms with Gasteiger partial charge in [0.1, 0.15) is 17.6 Å². The van der Waals surface area contributed by atoms with Gasteiger partial charge in [0.25, 0.3) is 0 Å². The van der Waals surface area contributed by atoms with E-state index in [1.165, 1.54) is 5.56 Å². The Kier molecular flexibility index (Phi) is 4.53. The predicted molar refractivity (Wildman–Crippen MR) is 91.6 cm³/mol. The van der Waals surface area contributed by atoms with Crippen molar-refractivity contribution in [3.8, 4) is 22.6 Å². The number of pyridine rings is 1. The first-order valence-electron chi connectivity index (χ1n) is 8.18. The van der Waals surface area contributed by atoms with E-state index in [2.05, 4.69) is 18.0 Å². The van der Waals surface area contributed by atoms with Crippen LogP contribution in [0.15, 0.2) is 36.7 Å². The lowest BCUT2D eigenvalue weighted by Crippen LogP contribution is -2.21. The summed E-state index contributed by atoms with van der Waals surface area (Å²) < 4.78 is 11.9. The molecule has 0 bridgehead atoms. The number of fused-ring (bicyclic) bond motifs is 3. The molecule has 0 aliphatic carbocycles. The second-order valence-corrected chi connectivity index (χ2v) is 6.51. The van der Waals surface area contributed by atoms with Crippen molar-refractivity contribution in [2.45, 2.75) is 39.3 Å². The first-order valence-corrected chi connectivity index (χ1v) is 8.18. The summed E-state index contributed by atoms with van der Waals surface area (Å²) in [6.07, 6.45) is 4.65. The molecule has 122 valence electrons. The second kappa shape index (κ2) is 6.59. The fourth-order valence-electron chi connectivity index (χ4n) is 3.08. The molecule has 0 saturated carbocycles. The van der Waals surface area contributed by atoms with Crippen LogP contribution in [-0.2, 0) is 0 Å². The third-order valence-corrected chi connectivity index (χ3v) is 4.15. The minimum absolute atomic E-state index is 0.00142. The number of nitrogens with zero attached hydrogens (tertiary/aromatic N) is 1. The van der Waals surface area contributed by atoms with Crippen molar-refractivity contribution in [1.29, 1.82) is 0 Å². The molecule has 0 spiro atoms. The third kappa shape index (κ3) is 3.48. The number of rotatable bonds is 5. The Morgan fingerprint density at radius 3 is 2.87 bits per heavy atom. The van der Waals surface area contributed by atoms with E-state index in [-0.39, 0.29) is 12.1 Å². The minimum atomic E-state index is -0.00142. The van der Waals surface area contributed by atoms with Crippen molar-refractivity contribution >= 4 is 0 Å². The van der Waals surface area contributed by atoms with E-state index in [4.69, 9.17) is 15.2 Å². The molecule has 0 amide bonds. The summed E-state index contributed by atoms with van der Waals surface area (Å²) in [5, 5.41) is 0. The summed E-state index contributed by atoms with van der Waals surface area (Å²) in [6.45, 7) is 6.89. The Balaban J connectivity index is 1.78. The third-order valence-electron chi connectivity index (χ3n) is 4.15. The summed E-state index contributed by atoms with van der Waals surface area (Å²) in [6, 6.07) is 8.28. The smallest absolute Gasteiger partial charge is 0.131 e. The van der Waals surface area contributed by atoms with Crippen LogP contribution >= 0.6 is 0 Å². The van der Waals surface area contributed by atoms with E-state index in [1.807, 2.05) is 44.4 Å². The van der Waals surface area contributed by atoms with Crippen LogP contribution in [0.2, 0.25) is 0 Å². The van der Waals surface area contributed by atoms with Crippen molar-refractivity contribution in [2.75, 3.05) is 6.61 Å². The molecule has 1 aliphatic rings. The topological polar surface area (TPSA) is 57.4 Å². The maximum atomic E-state index is 6.03. The van der Waals surface area contributed by atoms with Crippen molar-refractivity contribution in [3.05, 3.63) is 42.2 Å². The highest BCUT2D eigenvalue weighted by atomic mass is 16.5. The molecule has 4 nitrogen and oxygen atoms in total. The first-order chi connectivity index (χ1) is 11.0. The fourth-order valence-corrected chi connectivity index (χ4v) is 3.08. The number of nitrogens with two attached hydrogens (primary N) is 1. The standard InChI is InChI=1S/C19H24N2O2/c1-12(8-13(2)20)11-22-15-4-5-17-16-6-7-21-10-18(16)14(3)23-19(17)9-15/h4-7,9-10,12-14H,8,11,20H2,1-3H3/t12?,13-,14?/m1/s1. The first kappa shape index (κ1) is 15.8. The average molecular weight is 312 g/mol. The van der Waals surface area contributed by atoms with E-state index >= 15 is 0 Å². The Hall–Kier alpha value is -2.07. The molecule has 2 aromatic rings. The Labute approximate surface area is 137 Å². The molecule has 0 saturated heterocycles. The monoisotopic (exact) mass is 312 g/mol. The van der Waals surface area contributed by atoms with Gasteiger partial charge >= 0.3 is 0 Å². The quantitative estimate of drug-likeness (QED) is 0.908. The predicted octanol–water partition coefficient (Wildman–Crippen LogP) is 3.95. The van der Waals surface area contributed by atoms with Crippen LogP contribution in [0.25, 0.3) is 11.1 Å². The van der Waals surface area contributed by atoms with Crippen LogP contribution in [-0.4, -0.2) is 17.6 Å². The van der Waals surface area contributed by atoms with Gasteiger partial charge in [0.2, 0.25) is 0 Å². The second-order valence-electron chi connectivity index (χ2n) is 6.51. The molecular weight excluding hydrogens is 288 g/mol. The van der Waals surface area contributed by atoms with E-state index in [9.17, 15) is 0 Å². The maximum Gasteiger partial charge on any atom is 0.131 e. The Bertz CT molecular complexity index is 685. The van der Waals surface area contributed by atoms with Gasteiger partial charge in [-0.05, 0) is 49.9 Å². The SMILES string of the molecule is CC(COc1ccc2c(c1)OC(C)c1cnccc1-2)C[C@@H](C)N. The van der Waals surface area contributed by atoms with Gasteiger partial charge < -0.3 is 15.2 Å². The molecule has 0 radical (unpaired) electrons. The summed E-state index contributed by atoms with van der Waals surface area (Å²) >= 11 is 0. The number of aromatic nitrogens is 1. The molecule has 2 unspecified atom stereocenters. The zero-order valence-electron chi connectivity index (χ0n) is 14.0. The molecule has 1 aliphatic heterocycles. The minimum Gasteiger partial charge on any atom is -0.493 e. The fraction of sp³-hybridized carbons (Fsp3) is 0.421. The number of hydrogen-bond donors (Lipinski definition) is 1. The van der Waals surface area contributed by atoms with Crippen molar-refractivity contribution in [3.63, 3.8) is 0 Å². The molecule has 1 aromatic heterocycles. The van der Waals surface area contributed by atoms with Crippen LogP contribution in [0.3, 0.4) is 0 Å². The number of ether oxygens (including phenoxy) is 2. The van der Waals surface area contributed by atoms with Crippen molar-refractivity contribution in [1.82, 2.24) is 4.98 Å². The largest absolute Gasteiger partial charge is 0.493 e. The molecule has 3 atom stereocenters. The molecule has 2 N–H and O–H groups in total. The molecule has 23 heavy (non-hydrogen) atoms. The van der Waals surface area contributed by atoms with Gasteiger partial charge in [-0.2, -0.15) is 0 Å². The van der Waals surface area contributed by atoms with Gasteiger partial charge in [0, 0.05) is 35.6 Å². The van der Waals surface area contributed by atoms with Gasteiger partial charge in [0.15, 0.2) is 0 Å². The van der Waals surface area contributed by atoms with E-state index in [1.54, 1.807) is 0 Å². The van der Waals surface area contributed by atoms with Gasteiger partial charge in [-0.25, -0.2) is 0 Å². The zero-order chi connectivity index (χ0) is 16.4. The van der Waals surface area contributed by atoms with Gasteiger partial charge in [0.05, 0.1) is 6.61 Å². The highest BCUT2D eigenvalue weighted by Crippen LogP contribution is 2.43. The van der Waals surface area contributed by atoms with E-state index in [0.717, 1.165) is 29.0 Å². The van der Waals surface area contributed by atoms with Crippen LogP contribution in [0.4, 0.5) is 0 Å². The lowest BCUT2D eigenvalue weighted by molar-refractivity contribution is 0.217. The van der Waals surface area contributed by atoms with Crippen LogP contribution < -0.4 is 15.2 Å². The molecular formula is C19H24N2O2. The normalized spacial score (nSPS) is 18.3. The number of benzene rings is 1. The zero-order valence-corrected chi connectivity index (χ0v) is 14.0. The number of hydrogen-bond acceptors (Lipinski definition) is 4. The summed E-state index contributed by atoms with van der Waals surface area (Å²) in [5.41, 5.74) is 9.24. The van der Waals surface area contributed by atoms with Crippen LogP contribution in [0, 0.1) is 5.92 Å². The Morgan fingerprint density at radius 1 is 1.26 bits per heavy atom. The molecule has 0 fully saturated rings. The highest BCUT2D eigenvalue weighted by Gasteiger charge is 2.23.